The average molecular weight is 699 g/mol. The minimum Gasteiger partial charge on any atom is -0.756 e. The van der Waals surface area contributed by atoms with E-state index in [4.69, 9.17) is 13.8 Å². The molecule has 1 heterocycles. The smallest absolute Gasteiger partial charge is 0.756 e. The van der Waals surface area contributed by atoms with Gasteiger partial charge in [0.25, 0.3) is 7.82 Å². The third-order valence-corrected chi connectivity index (χ3v) is 14.2. The van der Waals surface area contributed by atoms with Gasteiger partial charge in [0.2, 0.25) is 10.4 Å². The summed E-state index contributed by atoms with van der Waals surface area (Å²) < 4.78 is 69.1. The van der Waals surface area contributed by atoms with Crippen LogP contribution in [0.25, 0.3) is 0 Å². The van der Waals surface area contributed by atoms with E-state index in [2.05, 4.69) is 38.8 Å². The van der Waals surface area contributed by atoms with Crippen LogP contribution in [0.4, 0.5) is 0 Å². The van der Waals surface area contributed by atoms with Crippen LogP contribution in [-0.2, 0) is 32.9 Å². The van der Waals surface area contributed by atoms with E-state index in [1.54, 1.807) is 0 Å². The van der Waals surface area contributed by atoms with Crippen molar-refractivity contribution in [2.45, 2.75) is 116 Å². The molecule has 5 rings (SSSR count). The monoisotopic (exact) mass is 698 g/mol. The first-order chi connectivity index (χ1) is 19.8. The molecule has 0 radical (unpaired) electrons. The summed E-state index contributed by atoms with van der Waals surface area (Å²) in [6, 6.07) is 0. The van der Waals surface area contributed by atoms with E-state index >= 15 is 0 Å². The third-order valence-electron chi connectivity index (χ3n) is 12.8. The first-order valence-electron chi connectivity index (χ1n) is 15.7. The summed E-state index contributed by atoms with van der Waals surface area (Å²) in [7, 11) is -8.80. The Morgan fingerprint density at radius 1 is 0.956 bits per heavy atom. The molecule has 0 amide bonds. The molecule has 1 aliphatic heterocycles. The Balaban J connectivity index is 0.00000276. The van der Waals surface area contributed by atoms with E-state index < -0.39 is 83.4 Å². The maximum Gasteiger partial charge on any atom is 1.00 e. The van der Waals surface area contributed by atoms with Gasteiger partial charge < -0.3 is 38.6 Å². The number of aliphatic hydroxyl groups excluding tert-OH is 3. The minimum atomic E-state index is -5.10. The average Bonchev–Trinajstić information content (AvgIpc) is 3.15. The fourth-order valence-corrected chi connectivity index (χ4v) is 11.8. The van der Waals surface area contributed by atoms with Crippen molar-refractivity contribution >= 4 is 18.2 Å². The fraction of sp³-hybridized carbons (Fsp3) is 1.00. The second kappa shape index (κ2) is 14.4. The van der Waals surface area contributed by atoms with Gasteiger partial charge in [-0.3, -0.25) is 8.75 Å². The van der Waals surface area contributed by atoms with Crippen molar-refractivity contribution in [1.82, 2.24) is 0 Å². The van der Waals surface area contributed by atoms with Crippen LogP contribution in [0, 0.1) is 58.2 Å². The van der Waals surface area contributed by atoms with Gasteiger partial charge in [-0.05, 0) is 84.4 Å². The van der Waals surface area contributed by atoms with Crippen molar-refractivity contribution in [2.24, 2.45) is 58.2 Å². The number of fused-ring (bicyclic) bond motifs is 7. The van der Waals surface area contributed by atoms with Gasteiger partial charge in [-0.2, -0.15) is 0 Å². The Labute approximate surface area is 312 Å². The fourth-order valence-electron chi connectivity index (χ4n) is 10.6. The molecule has 0 aromatic carbocycles. The molecule has 0 spiro atoms. The van der Waals surface area contributed by atoms with Gasteiger partial charge in [0, 0.05) is 13.0 Å². The molecular formula is C29H49Na2O12PS. The molecule has 0 aromatic rings. The molecule has 2 unspecified atom stereocenters. The zero-order valence-electron chi connectivity index (χ0n) is 28.1. The van der Waals surface area contributed by atoms with Gasteiger partial charge in [0.1, 0.15) is 6.10 Å². The van der Waals surface area contributed by atoms with Gasteiger partial charge in [0.05, 0.1) is 36.6 Å². The molecule has 250 valence electrons. The molecule has 4 saturated carbocycles. The van der Waals surface area contributed by atoms with E-state index in [1.165, 1.54) is 0 Å². The molecule has 45 heavy (non-hydrogen) atoms. The van der Waals surface area contributed by atoms with E-state index in [1.807, 2.05) is 6.92 Å². The minimum absolute atomic E-state index is 0. The van der Waals surface area contributed by atoms with Crippen LogP contribution in [0.15, 0.2) is 0 Å². The molecule has 0 bridgehead atoms. The van der Waals surface area contributed by atoms with Crippen molar-refractivity contribution in [3.05, 3.63) is 0 Å². The topological polar surface area (TPSA) is 195 Å². The Morgan fingerprint density at radius 3 is 2.11 bits per heavy atom. The maximum absolute atomic E-state index is 12.9. The van der Waals surface area contributed by atoms with Gasteiger partial charge in [-0.25, -0.2) is 8.42 Å². The summed E-state index contributed by atoms with van der Waals surface area (Å²) >= 11 is 0. The molecule has 1 saturated heterocycles. The normalized spacial score (nSPS) is 49.7. The Kier molecular flexibility index (Phi) is 13.2. The largest absolute Gasteiger partial charge is 1.00 e. The second-order valence-electron chi connectivity index (χ2n) is 15.0. The van der Waals surface area contributed by atoms with Crippen LogP contribution in [-0.4, -0.2) is 78.1 Å². The predicted octanol–water partition coefficient (Wildman–Crippen LogP) is -3.78. The Morgan fingerprint density at radius 2 is 1.56 bits per heavy atom. The van der Waals surface area contributed by atoms with Crippen molar-refractivity contribution in [2.75, 3.05) is 7.11 Å². The van der Waals surface area contributed by atoms with Crippen LogP contribution in [0.2, 0.25) is 0 Å². The van der Waals surface area contributed by atoms with Crippen molar-refractivity contribution in [3.8, 4) is 0 Å². The predicted molar refractivity (Wildman–Crippen MR) is 151 cm³/mol. The van der Waals surface area contributed by atoms with Crippen LogP contribution >= 0.6 is 7.82 Å². The number of aliphatic hydroxyl groups is 3. The SMILES string of the molecule is COP(=O)([O-])O[C@@H]1[C@H]2OC([C@@H](C)C(C)C)C[C@@H](C)[C@@H]2[C@@]2(C)CC[C@H]3[C@@H]([C@@H](O)[C@@H](O)[C@H]4[C@@H](O)[C@H](OS(=O)(=O)[O-])CC[C@@]43C)[C@H]12.[Na+].[Na+]. The maximum atomic E-state index is 12.9. The molecular weight excluding hydrogens is 649 g/mol. The summed E-state index contributed by atoms with van der Waals surface area (Å²) in [4.78, 5) is 12.9. The van der Waals surface area contributed by atoms with E-state index in [0.29, 0.717) is 25.2 Å². The summed E-state index contributed by atoms with van der Waals surface area (Å²) in [6.45, 7) is 12.6. The molecule has 16 heteroatoms. The second-order valence-corrected chi connectivity index (χ2v) is 17.5. The number of phosphoric acid groups is 1. The number of hydrogen-bond acceptors (Lipinski definition) is 12. The molecule has 0 aromatic heterocycles. The molecule has 3 N–H and O–H groups in total. The van der Waals surface area contributed by atoms with Gasteiger partial charge in [-0.1, -0.05) is 41.5 Å². The molecule has 17 atom stereocenters. The summed E-state index contributed by atoms with van der Waals surface area (Å²) in [6.07, 6.45) is -4.81. The molecule has 5 fully saturated rings. The van der Waals surface area contributed by atoms with Crippen LogP contribution in [0.1, 0.15) is 73.6 Å². The zero-order chi connectivity index (χ0) is 32.0. The molecule has 5 aliphatic rings. The van der Waals surface area contributed by atoms with Crippen molar-refractivity contribution < 1.29 is 115 Å². The summed E-state index contributed by atoms with van der Waals surface area (Å²) in [5.74, 6) is -1.70. The number of ether oxygens (including phenoxy) is 1. The van der Waals surface area contributed by atoms with Crippen molar-refractivity contribution in [3.63, 3.8) is 0 Å². The van der Waals surface area contributed by atoms with E-state index in [-0.39, 0.29) is 95.3 Å². The molecule has 4 aliphatic carbocycles. The Bertz CT molecular complexity index is 1210. The van der Waals surface area contributed by atoms with Gasteiger partial charge >= 0.3 is 59.1 Å². The first-order valence-corrected chi connectivity index (χ1v) is 18.5. The third kappa shape index (κ3) is 7.16. The van der Waals surface area contributed by atoms with Crippen LogP contribution in [0.5, 0.6) is 0 Å². The Hall–Kier alpha value is 1.82. The number of rotatable bonds is 7. The number of phosphoric ester groups is 1. The molecule has 12 nitrogen and oxygen atoms in total. The van der Waals surface area contributed by atoms with Crippen LogP contribution in [0.3, 0.4) is 0 Å². The van der Waals surface area contributed by atoms with E-state index in [0.717, 1.165) is 13.5 Å². The van der Waals surface area contributed by atoms with Crippen LogP contribution < -0.4 is 64.0 Å². The van der Waals surface area contributed by atoms with E-state index in [9.17, 15) is 37.7 Å². The summed E-state index contributed by atoms with van der Waals surface area (Å²) in [5, 5.41) is 34.7. The number of hydrogen-bond donors (Lipinski definition) is 3. The summed E-state index contributed by atoms with van der Waals surface area (Å²) in [5.41, 5.74) is -1.26. The standard InChI is InChI=1S/C29H51O12PS.2Na/c1-13(2)15(4)18-12-14(3)20-26(39-18)27(40-42(33,34)38-7)21-19-16(8-10-29(20,21)6)28(5)11-9-17(41-43(35,36)37)23(30)22(28)25(32)24(19)31;;/h13-27,30-32H,8-12H2,1-7H3,(H,33,34)(H,35,36,37);;/q;2*+1/p-2/t14-,15+,16+,17-,18?,19-,20+,21-,22-,23+,24-,25+,26+,27+,28-,29-;;/m1../s1. The quantitative estimate of drug-likeness (QED) is 0.102. The first kappa shape index (κ1) is 41.2. The zero-order valence-corrected chi connectivity index (χ0v) is 33.8. The van der Waals surface area contributed by atoms with Gasteiger partial charge in [0.15, 0.2) is 0 Å². The van der Waals surface area contributed by atoms with Gasteiger partial charge in [-0.15, -0.1) is 0 Å². The van der Waals surface area contributed by atoms with Crippen molar-refractivity contribution in [1.29, 1.82) is 0 Å².